The Morgan fingerprint density at radius 2 is 1.88 bits per heavy atom. The van der Waals surface area contributed by atoms with Crippen molar-refractivity contribution < 1.29 is 22.7 Å². The van der Waals surface area contributed by atoms with Crippen molar-refractivity contribution in [2.75, 3.05) is 18.1 Å². The number of H-pyrrole nitrogens is 1. The van der Waals surface area contributed by atoms with Crippen molar-refractivity contribution in [2.45, 2.75) is 64.5 Å². The van der Waals surface area contributed by atoms with Gasteiger partial charge in [-0.15, -0.1) is 11.3 Å². The topological polar surface area (TPSA) is 126 Å². The summed E-state index contributed by atoms with van der Waals surface area (Å²) in [5.41, 5.74) is 0.157. The number of sulfone groups is 1. The van der Waals surface area contributed by atoms with Crippen molar-refractivity contribution in [1.82, 2.24) is 14.9 Å². The summed E-state index contributed by atoms with van der Waals surface area (Å²) in [5, 5.41) is 0.346. The molecule has 2 fully saturated rings. The second-order valence-electron chi connectivity index (χ2n) is 8.61. The van der Waals surface area contributed by atoms with E-state index in [1.54, 1.807) is 18.7 Å². The monoisotopic (exact) mass is 481 g/mol. The number of hydrogen-bond acceptors (Lipinski definition) is 8. The minimum Gasteiger partial charge on any atom is -0.451 e. The average molecular weight is 482 g/mol. The molecule has 4 rings (SSSR count). The van der Waals surface area contributed by atoms with Crippen LogP contribution >= 0.6 is 11.3 Å². The first kappa shape index (κ1) is 22.9. The third-order valence-corrected chi connectivity index (χ3v) is 9.21. The van der Waals surface area contributed by atoms with Crippen molar-refractivity contribution in [2.24, 2.45) is 0 Å². The molecule has 1 atom stereocenters. The quantitative estimate of drug-likeness (QED) is 0.648. The van der Waals surface area contributed by atoms with Gasteiger partial charge < -0.3 is 14.6 Å². The Bertz CT molecular complexity index is 1210. The summed E-state index contributed by atoms with van der Waals surface area (Å²) in [6.45, 7) is 2.86. The van der Waals surface area contributed by atoms with Gasteiger partial charge in [-0.1, -0.05) is 19.3 Å². The van der Waals surface area contributed by atoms with Gasteiger partial charge >= 0.3 is 5.97 Å². The number of carbonyl (C=O) groups excluding carboxylic acids is 2. The zero-order chi connectivity index (χ0) is 23.0. The number of aromatic amines is 1. The number of esters is 1. The molecule has 1 amide bonds. The van der Waals surface area contributed by atoms with Crippen LogP contribution in [0.2, 0.25) is 0 Å². The van der Waals surface area contributed by atoms with Crippen LogP contribution in [0.5, 0.6) is 0 Å². The van der Waals surface area contributed by atoms with Gasteiger partial charge in [-0.2, -0.15) is 0 Å². The smallest absolute Gasteiger partial charge is 0.349 e. The number of aryl methyl sites for hydroxylation is 2. The van der Waals surface area contributed by atoms with Crippen LogP contribution in [0, 0.1) is 13.8 Å². The molecule has 1 saturated heterocycles. The highest BCUT2D eigenvalue weighted by molar-refractivity contribution is 7.91. The lowest BCUT2D eigenvalue weighted by molar-refractivity contribution is -0.139. The summed E-state index contributed by atoms with van der Waals surface area (Å²) in [6, 6.07) is -0.392. The highest BCUT2D eigenvalue weighted by Crippen LogP contribution is 2.30. The number of fused-ring (bicyclic) bond motifs is 1. The van der Waals surface area contributed by atoms with E-state index in [9.17, 15) is 22.8 Å². The molecule has 1 saturated carbocycles. The summed E-state index contributed by atoms with van der Waals surface area (Å²) >= 11 is 1.06. The van der Waals surface area contributed by atoms with E-state index < -0.39 is 22.4 Å². The van der Waals surface area contributed by atoms with Crippen molar-refractivity contribution in [1.29, 1.82) is 0 Å². The first-order valence-corrected chi connectivity index (χ1v) is 13.5. The molecule has 9 nitrogen and oxygen atoms in total. The number of ether oxygens (including phenoxy) is 1. The van der Waals surface area contributed by atoms with Crippen LogP contribution in [0.4, 0.5) is 0 Å². The summed E-state index contributed by atoms with van der Waals surface area (Å²) in [7, 11) is -3.15. The molecule has 11 heteroatoms. The number of carbonyl (C=O) groups is 2. The largest absolute Gasteiger partial charge is 0.451 e. The third kappa shape index (κ3) is 4.59. The zero-order valence-electron chi connectivity index (χ0n) is 18.2. The van der Waals surface area contributed by atoms with Gasteiger partial charge in [-0.3, -0.25) is 9.59 Å². The fourth-order valence-corrected chi connectivity index (χ4v) is 7.61. The van der Waals surface area contributed by atoms with E-state index in [1.807, 2.05) is 0 Å². The Morgan fingerprint density at radius 1 is 1.16 bits per heavy atom. The summed E-state index contributed by atoms with van der Waals surface area (Å²) < 4.78 is 29.4. The normalized spacial score (nSPS) is 21.0. The summed E-state index contributed by atoms with van der Waals surface area (Å²) in [5.74, 6) is -0.549. The molecule has 1 N–H and O–H groups in total. The predicted molar refractivity (Wildman–Crippen MR) is 121 cm³/mol. The molecule has 2 aromatic heterocycles. The van der Waals surface area contributed by atoms with Gasteiger partial charge in [0, 0.05) is 12.1 Å². The Labute approximate surface area is 190 Å². The van der Waals surface area contributed by atoms with Crippen LogP contribution in [-0.2, 0) is 19.4 Å². The Morgan fingerprint density at radius 3 is 2.53 bits per heavy atom. The fraction of sp³-hybridized carbons (Fsp3) is 0.619. The molecule has 2 aromatic rings. The van der Waals surface area contributed by atoms with Crippen LogP contribution < -0.4 is 5.56 Å². The zero-order valence-corrected chi connectivity index (χ0v) is 19.8. The predicted octanol–water partition coefficient (Wildman–Crippen LogP) is 2.11. The maximum Gasteiger partial charge on any atom is 0.349 e. The van der Waals surface area contributed by atoms with E-state index in [4.69, 9.17) is 4.74 Å². The Balaban J connectivity index is 1.51. The van der Waals surface area contributed by atoms with Gasteiger partial charge in [0.25, 0.3) is 11.5 Å². The van der Waals surface area contributed by atoms with E-state index in [-0.39, 0.29) is 39.9 Å². The number of nitrogens with one attached hydrogen (secondary N) is 1. The molecular weight excluding hydrogens is 454 g/mol. The van der Waals surface area contributed by atoms with E-state index in [0.29, 0.717) is 28.0 Å². The minimum atomic E-state index is -3.15. The number of rotatable bonds is 5. The van der Waals surface area contributed by atoms with Crippen molar-refractivity contribution in [3.8, 4) is 0 Å². The lowest BCUT2D eigenvalue weighted by Crippen LogP contribution is -2.50. The summed E-state index contributed by atoms with van der Waals surface area (Å²) in [6.07, 6.45) is 5.18. The highest BCUT2D eigenvalue weighted by atomic mass is 32.2. The van der Waals surface area contributed by atoms with E-state index in [2.05, 4.69) is 9.97 Å². The number of amides is 1. The number of hydrogen-bond donors (Lipinski definition) is 1. The van der Waals surface area contributed by atoms with E-state index in [0.717, 1.165) is 43.4 Å². The first-order valence-electron chi connectivity index (χ1n) is 10.8. The molecule has 1 unspecified atom stereocenters. The van der Waals surface area contributed by atoms with Gasteiger partial charge in [-0.05, 0) is 38.7 Å². The molecule has 3 heterocycles. The van der Waals surface area contributed by atoms with Gasteiger partial charge in [0.2, 0.25) is 0 Å². The molecule has 1 aliphatic heterocycles. The van der Waals surface area contributed by atoms with Crippen LogP contribution in [0.1, 0.15) is 59.6 Å². The lowest BCUT2D eigenvalue weighted by atomic mass is 9.93. The molecule has 1 aliphatic carbocycles. The highest BCUT2D eigenvalue weighted by Gasteiger charge is 2.38. The molecular formula is C21H27N3O6S2. The van der Waals surface area contributed by atoms with Gasteiger partial charge in [-0.25, -0.2) is 18.2 Å². The lowest BCUT2D eigenvalue weighted by Gasteiger charge is -2.38. The molecule has 174 valence electrons. The molecule has 32 heavy (non-hydrogen) atoms. The van der Waals surface area contributed by atoms with Crippen LogP contribution in [0.15, 0.2) is 4.79 Å². The molecule has 0 radical (unpaired) electrons. The Kier molecular flexibility index (Phi) is 6.39. The maximum atomic E-state index is 13.1. The van der Waals surface area contributed by atoms with Gasteiger partial charge in [0.15, 0.2) is 16.4 Å². The van der Waals surface area contributed by atoms with E-state index >= 15 is 0 Å². The standard InChI is InChI=1S/C21H27N3O6S2/c1-12-17-19(26)22-13(2)23-20(17)31-18(12)21(27)30-10-16(25)24(14-6-4-3-5-7-14)15-8-9-32(28,29)11-15/h14-15H,3-11H2,1-2H3,(H,22,23,26). The average Bonchev–Trinajstić information content (AvgIpc) is 3.26. The van der Waals surface area contributed by atoms with Crippen molar-refractivity contribution in [3.63, 3.8) is 0 Å². The van der Waals surface area contributed by atoms with Gasteiger partial charge in [0.1, 0.15) is 15.5 Å². The minimum absolute atomic E-state index is 0.0231. The fourth-order valence-electron chi connectivity index (χ4n) is 4.77. The second kappa shape index (κ2) is 8.93. The van der Waals surface area contributed by atoms with Crippen LogP contribution in [0.3, 0.4) is 0 Å². The SMILES string of the molecule is Cc1nc2sc(C(=O)OCC(=O)N(C3CCCCC3)C3CCS(=O)(=O)C3)c(C)c2c(=O)[nH]1. The third-order valence-electron chi connectivity index (χ3n) is 6.29. The Hall–Kier alpha value is -2.27. The summed E-state index contributed by atoms with van der Waals surface area (Å²) in [4.78, 5) is 47.4. The van der Waals surface area contributed by atoms with E-state index in [1.165, 1.54) is 0 Å². The van der Waals surface area contributed by atoms with Crippen LogP contribution in [0.25, 0.3) is 10.2 Å². The number of thiophene rings is 1. The molecule has 0 aromatic carbocycles. The van der Waals surface area contributed by atoms with Crippen molar-refractivity contribution >= 4 is 43.3 Å². The first-order chi connectivity index (χ1) is 15.2. The molecule has 0 spiro atoms. The number of aromatic nitrogens is 2. The van der Waals surface area contributed by atoms with Gasteiger partial charge in [0.05, 0.1) is 16.9 Å². The maximum absolute atomic E-state index is 13.1. The molecule has 0 bridgehead atoms. The van der Waals surface area contributed by atoms with Crippen LogP contribution in [-0.4, -0.2) is 65.4 Å². The van der Waals surface area contributed by atoms with Crippen molar-refractivity contribution in [3.05, 3.63) is 26.6 Å². The number of nitrogens with zero attached hydrogens (tertiary/aromatic N) is 2. The molecule has 2 aliphatic rings. The second-order valence-corrected chi connectivity index (χ2v) is 11.8.